The fourth-order valence-corrected chi connectivity index (χ4v) is 2.96. The van der Waals surface area contributed by atoms with Gasteiger partial charge in [0.25, 0.3) is 0 Å². The molecule has 1 aromatic carbocycles. The Hall–Kier alpha value is -1.30. The molecule has 1 aliphatic heterocycles. The van der Waals surface area contributed by atoms with E-state index >= 15 is 0 Å². The van der Waals surface area contributed by atoms with Gasteiger partial charge in [0.1, 0.15) is 0 Å². The number of hydrogen-bond acceptors (Lipinski definition) is 5. The minimum absolute atomic E-state index is 0.0826. The molecule has 0 radical (unpaired) electrons. The second-order valence-electron chi connectivity index (χ2n) is 5.41. The highest BCUT2D eigenvalue weighted by atomic mass is 16.5. The summed E-state index contributed by atoms with van der Waals surface area (Å²) in [6.45, 7) is 2.27. The Balaban J connectivity index is 2.19. The van der Waals surface area contributed by atoms with Gasteiger partial charge in [-0.3, -0.25) is 4.90 Å². The predicted octanol–water partition coefficient (Wildman–Crippen LogP) is 1.81. The molecule has 21 heavy (non-hydrogen) atoms. The standard InChI is InChI=1S/C16H26N2O3/c1-18(11-12-6-5-9-21-12)14(10-17)13-7-4-8-15(19-2)16(13)20-3/h4,7-8,12,14H,5-6,9-11,17H2,1-3H3. The molecule has 0 spiro atoms. The maximum Gasteiger partial charge on any atom is 0.165 e. The van der Waals surface area contributed by atoms with Gasteiger partial charge in [0.05, 0.1) is 26.4 Å². The average molecular weight is 294 g/mol. The molecule has 1 aromatic rings. The van der Waals surface area contributed by atoms with E-state index in [2.05, 4.69) is 11.9 Å². The largest absolute Gasteiger partial charge is 0.493 e. The summed E-state index contributed by atoms with van der Waals surface area (Å²) in [6.07, 6.45) is 2.58. The van der Waals surface area contributed by atoms with Gasteiger partial charge in [-0.05, 0) is 26.0 Å². The summed E-state index contributed by atoms with van der Waals surface area (Å²) in [4.78, 5) is 2.24. The predicted molar refractivity (Wildman–Crippen MR) is 82.9 cm³/mol. The lowest BCUT2D eigenvalue weighted by Crippen LogP contribution is -2.36. The van der Waals surface area contributed by atoms with Crippen molar-refractivity contribution in [2.75, 3.05) is 41.0 Å². The third-order valence-corrected chi connectivity index (χ3v) is 4.06. The summed E-state index contributed by atoms with van der Waals surface area (Å²) >= 11 is 0. The molecule has 118 valence electrons. The molecular formula is C16H26N2O3. The number of rotatable bonds is 7. The fourth-order valence-electron chi connectivity index (χ4n) is 2.96. The lowest BCUT2D eigenvalue weighted by molar-refractivity contribution is 0.0685. The Labute approximate surface area is 127 Å². The maximum absolute atomic E-state index is 6.02. The number of hydrogen-bond donors (Lipinski definition) is 1. The van der Waals surface area contributed by atoms with E-state index in [1.54, 1.807) is 14.2 Å². The Morgan fingerprint density at radius 2 is 2.19 bits per heavy atom. The Morgan fingerprint density at radius 3 is 2.76 bits per heavy atom. The first-order valence-electron chi connectivity index (χ1n) is 7.44. The van der Waals surface area contributed by atoms with Crippen molar-refractivity contribution in [3.05, 3.63) is 23.8 Å². The highest BCUT2D eigenvalue weighted by Crippen LogP contribution is 2.36. The van der Waals surface area contributed by atoms with Crippen molar-refractivity contribution in [3.63, 3.8) is 0 Å². The monoisotopic (exact) mass is 294 g/mol. The van der Waals surface area contributed by atoms with Crippen molar-refractivity contribution < 1.29 is 14.2 Å². The first-order chi connectivity index (χ1) is 10.2. The number of likely N-dealkylation sites (N-methyl/N-ethyl adjacent to an activating group) is 1. The van der Waals surface area contributed by atoms with Crippen LogP contribution in [-0.2, 0) is 4.74 Å². The molecule has 0 amide bonds. The smallest absolute Gasteiger partial charge is 0.165 e. The molecular weight excluding hydrogens is 268 g/mol. The lowest BCUT2D eigenvalue weighted by atomic mass is 10.0. The highest BCUT2D eigenvalue weighted by Gasteiger charge is 2.25. The van der Waals surface area contributed by atoms with Crippen LogP contribution >= 0.6 is 0 Å². The van der Waals surface area contributed by atoms with E-state index in [-0.39, 0.29) is 6.04 Å². The molecule has 1 aliphatic rings. The molecule has 2 atom stereocenters. The van der Waals surface area contributed by atoms with E-state index in [0.29, 0.717) is 12.6 Å². The molecule has 0 aromatic heterocycles. The van der Waals surface area contributed by atoms with Gasteiger partial charge in [-0.25, -0.2) is 0 Å². The van der Waals surface area contributed by atoms with Crippen LogP contribution in [0.4, 0.5) is 0 Å². The quantitative estimate of drug-likeness (QED) is 0.831. The SMILES string of the molecule is COc1cccc(C(CN)N(C)CC2CCCO2)c1OC. The molecule has 1 fully saturated rings. The third kappa shape index (κ3) is 3.67. The third-order valence-electron chi connectivity index (χ3n) is 4.06. The van der Waals surface area contributed by atoms with Crippen LogP contribution in [0, 0.1) is 0 Å². The van der Waals surface area contributed by atoms with Gasteiger partial charge < -0.3 is 19.9 Å². The number of ether oxygens (including phenoxy) is 3. The van der Waals surface area contributed by atoms with Crippen LogP contribution in [0.2, 0.25) is 0 Å². The summed E-state index contributed by atoms with van der Waals surface area (Å²) in [5.41, 5.74) is 7.07. The van der Waals surface area contributed by atoms with Crippen LogP contribution in [0.5, 0.6) is 11.5 Å². The maximum atomic E-state index is 6.02. The van der Waals surface area contributed by atoms with Gasteiger partial charge in [-0.15, -0.1) is 0 Å². The normalized spacial score (nSPS) is 19.8. The second-order valence-corrected chi connectivity index (χ2v) is 5.41. The van der Waals surface area contributed by atoms with Crippen molar-refractivity contribution in [2.24, 2.45) is 5.73 Å². The van der Waals surface area contributed by atoms with Gasteiger partial charge in [0.2, 0.25) is 0 Å². The summed E-state index contributed by atoms with van der Waals surface area (Å²) in [5.74, 6) is 1.49. The summed E-state index contributed by atoms with van der Waals surface area (Å²) in [7, 11) is 5.39. The highest BCUT2D eigenvalue weighted by molar-refractivity contribution is 5.48. The minimum Gasteiger partial charge on any atom is -0.493 e. The van der Waals surface area contributed by atoms with Gasteiger partial charge >= 0.3 is 0 Å². The van der Waals surface area contributed by atoms with Gasteiger partial charge in [0.15, 0.2) is 11.5 Å². The molecule has 2 N–H and O–H groups in total. The van der Waals surface area contributed by atoms with E-state index < -0.39 is 0 Å². The first kappa shape index (κ1) is 16.1. The molecule has 1 saturated heterocycles. The summed E-state index contributed by atoms with van der Waals surface area (Å²) in [6, 6.07) is 6.00. The van der Waals surface area contributed by atoms with Crippen molar-refractivity contribution in [3.8, 4) is 11.5 Å². The van der Waals surface area contributed by atoms with Crippen LogP contribution in [-0.4, -0.2) is 52.0 Å². The molecule has 2 unspecified atom stereocenters. The molecule has 5 heteroatoms. The van der Waals surface area contributed by atoms with Crippen LogP contribution in [0.1, 0.15) is 24.4 Å². The van der Waals surface area contributed by atoms with Gasteiger partial charge in [0, 0.05) is 25.3 Å². The van der Waals surface area contributed by atoms with E-state index in [9.17, 15) is 0 Å². The molecule has 0 aliphatic carbocycles. The van der Waals surface area contributed by atoms with Crippen LogP contribution < -0.4 is 15.2 Å². The molecule has 5 nitrogen and oxygen atoms in total. The number of nitrogens with zero attached hydrogens (tertiary/aromatic N) is 1. The number of nitrogens with two attached hydrogens (primary N) is 1. The van der Waals surface area contributed by atoms with Crippen LogP contribution in [0.3, 0.4) is 0 Å². The van der Waals surface area contributed by atoms with Crippen molar-refractivity contribution in [2.45, 2.75) is 25.0 Å². The van der Waals surface area contributed by atoms with E-state index in [1.165, 1.54) is 0 Å². The number of para-hydroxylation sites is 1. The zero-order valence-corrected chi connectivity index (χ0v) is 13.2. The van der Waals surface area contributed by atoms with Crippen LogP contribution in [0.25, 0.3) is 0 Å². The van der Waals surface area contributed by atoms with Crippen molar-refractivity contribution >= 4 is 0 Å². The Morgan fingerprint density at radius 1 is 1.38 bits per heavy atom. The van der Waals surface area contributed by atoms with Gasteiger partial charge in [-0.2, -0.15) is 0 Å². The summed E-state index contributed by atoms with van der Waals surface area (Å²) < 4.78 is 16.6. The Bertz CT molecular complexity index is 447. The summed E-state index contributed by atoms with van der Waals surface area (Å²) in [5, 5.41) is 0. The second kappa shape index (κ2) is 7.64. The zero-order chi connectivity index (χ0) is 15.2. The van der Waals surface area contributed by atoms with Crippen LogP contribution in [0.15, 0.2) is 18.2 Å². The fraction of sp³-hybridized carbons (Fsp3) is 0.625. The van der Waals surface area contributed by atoms with E-state index in [0.717, 1.165) is 43.1 Å². The Kier molecular flexibility index (Phi) is 5.85. The lowest BCUT2D eigenvalue weighted by Gasteiger charge is -2.30. The zero-order valence-electron chi connectivity index (χ0n) is 13.2. The molecule has 0 bridgehead atoms. The van der Waals surface area contributed by atoms with E-state index in [1.807, 2.05) is 18.2 Å². The van der Waals surface area contributed by atoms with Gasteiger partial charge in [-0.1, -0.05) is 12.1 Å². The van der Waals surface area contributed by atoms with E-state index in [4.69, 9.17) is 19.9 Å². The first-order valence-corrected chi connectivity index (χ1v) is 7.44. The average Bonchev–Trinajstić information content (AvgIpc) is 3.00. The van der Waals surface area contributed by atoms with Crippen molar-refractivity contribution in [1.82, 2.24) is 4.90 Å². The molecule has 1 heterocycles. The minimum atomic E-state index is 0.0826. The topological polar surface area (TPSA) is 57.0 Å². The number of benzene rings is 1. The molecule has 0 saturated carbocycles. The van der Waals surface area contributed by atoms with Crippen molar-refractivity contribution in [1.29, 1.82) is 0 Å². The number of methoxy groups -OCH3 is 2. The molecule has 2 rings (SSSR count).